The van der Waals surface area contributed by atoms with Crippen molar-refractivity contribution in [3.8, 4) is 0 Å². The minimum absolute atomic E-state index is 0.219. The van der Waals surface area contributed by atoms with Gasteiger partial charge in [-0.15, -0.1) is 0 Å². The smallest absolute Gasteiger partial charge is 0.223 e. The second-order valence-corrected chi connectivity index (χ2v) is 5.41. The fraction of sp³-hybridized carbons (Fsp3) is 0.929. The standard InChI is InChI=1S/C14H28N2O/c1-4-13(12-8-6-5-7-9-12)15-11-10-14(17)16(2)3/h12-13,15H,4-11H2,1-3H3. The van der Waals surface area contributed by atoms with Crippen LogP contribution < -0.4 is 5.32 Å². The second-order valence-electron chi connectivity index (χ2n) is 5.41. The van der Waals surface area contributed by atoms with Gasteiger partial charge in [0.1, 0.15) is 0 Å². The van der Waals surface area contributed by atoms with E-state index in [4.69, 9.17) is 0 Å². The third-order valence-corrected chi connectivity index (χ3v) is 3.90. The summed E-state index contributed by atoms with van der Waals surface area (Å²) in [5, 5.41) is 3.58. The van der Waals surface area contributed by atoms with Gasteiger partial charge in [-0.25, -0.2) is 0 Å². The zero-order chi connectivity index (χ0) is 12.7. The van der Waals surface area contributed by atoms with Crippen LogP contribution in [-0.2, 0) is 4.79 Å². The number of rotatable bonds is 6. The quantitative estimate of drug-likeness (QED) is 0.773. The number of hydrogen-bond acceptors (Lipinski definition) is 2. The van der Waals surface area contributed by atoms with Gasteiger partial charge in [0, 0.05) is 33.1 Å². The molecule has 0 aromatic rings. The molecule has 1 fully saturated rings. The SMILES string of the molecule is CCC(NCCC(=O)N(C)C)C1CCCCC1. The molecular formula is C14H28N2O. The van der Waals surface area contributed by atoms with E-state index in [1.807, 2.05) is 14.1 Å². The molecule has 1 N–H and O–H groups in total. The lowest BCUT2D eigenvalue weighted by Crippen LogP contribution is -2.38. The molecule has 1 saturated carbocycles. The van der Waals surface area contributed by atoms with E-state index in [0.717, 1.165) is 12.5 Å². The predicted molar refractivity (Wildman–Crippen MR) is 72.0 cm³/mol. The molecule has 0 aromatic carbocycles. The van der Waals surface area contributed by atoms with Crippen molar-refractivity contribution in [3.05, 3.63) is 0 Å². The Kier molecular flexibility index (Phi) is 6.56. The lowest BCUT2D eigenvalue weighted by atomic mass is 9.83. The van der Waals surface area contributed by atoms with Crippen molar-refractivity contribution in [3.63, 3.8) is 0 Å². The van der Waals surface area contributed by atoms with E-state index in [0.29, 0.717) is 12.5 Å². The van der Waals surface area contributed by atoms with Crippen LogP contribution in [0.2, 0.25) is 0 Å². The first-order chi connectivity index (χ1) is 8.15. The van der Waals surface area contributed by atoms with E-state index in [9.17, 15) is 4.79 Å². The van der Waals surface area contributed by atoms with Crippen LogP contribution in [0.4, 0.5) is 0 Å². The normalized spacial score (nSPS) is 19.0. The fourth-order valence-electron chi connectivity index (χ4n) is 2.77. The maximum absolute atomic E-state index is 11.5. The zero-order valence-electron chi connectivity index (χ0n) is 11.7. The highest BCUT2D eigenvalue weighted by Gasteiger charge is 2.21. The Morgan fingerprint density at radius 2 is 1.94 bits per heavy atom. The molecule has 0 radical (unpaired) electrons. The van der Waals surface area contributed by atoms with Crippen molar-refractivity contribution in [2.45, 2.75) is 57.9 Å². The summed E-state index contributed by atoms with van der Waals surface area (Å²) in [5.74, 6) is 1.05. The maximum Gasteiger partial charge on any atom is 0.223 e. The van der Waals surface area contributed by atoms with Crippen molar-refractivity contribution in [2.75, 3.05) is 20.6 Å². The maximum atomic E-state index is 11.5. The monoisotopic (exact) mass is 240 g/mol. The van der Waals surface area contributed by atoms with Crippen LogP contribution in [0.25, 0.3) is 0 Å². The summed E-state index contributed by atoms with van der Waals surface area (Å²) in [6.07, 6.45) is 8.72. The molecular weight excluding hydrogens is 212 g/mol. The Morgan fingerprint density at radius 3 is 2.47 bits per heavy atom. The number of nitrogens with zero attached hydrogens (tertiary/aromatic N) is 1. The van der Waals surface area contributed by atoms with Gasteiger partial charge in [0.15, 0.2) is 0 Å². The number of nitrogens with one attached hydrogen (secondary N) is 1. The van der Waals surface area contributed by atoms with E-state index in [1.165, 1.54) is 38.5 Å². The molecule has 0 spiro atoms. The fourth-order valence-corrected chi connectivity index (χ4v) is 2.77. The molecule has 0 saturated heterocycles. The summed E-state index contributed by atoms with van der Waals surface area (Å²) in [6.45, 7) is 3.08. The van der Waals surface area contributed by atoms with Crippen molar-refractivity contribution in [1.82, 2.24) is 10.2 Å². The summed E-state index contributed by atoms with van der Waals surface area (Å²) in [4.78, 5) is 13.1. The van der Waals surface area contributed by atoms with Crippen LogP contribution in [0.5, 0.6) is 0 Å². The molecule has 1 unspecified atom stereocenters. The lowest BCUT2D eigenvalue weighted by molar-refractivity contribution is -0.128. The first kappa shape index (κ1) is 14.5. The molecule has 1 atom stereocenters. The number of amides is 1. The van der Waals surface area contributed by atoms with Crippen molar-refractivity contribution in [2.24, 2.45) is 5.92 Å². The van der Waals surface area contributed by atoms with E-state index < -0.39 is 0 Å². The van der Waals surface area contributed by atoms with Crippen molar-refractivity contribution in [1.29, 1.82) is 0 Å². The van der Waals surface area contributed by atoms with Crippen LogP contribution >= 0.6 is 0 Å². The molecule has 1 aliphatic rings. The van der Waals surface area contributed by atoms with Crippen molar-refractivity contribution >= 4 is 5.91 Å². The third-order valence-electron chi connectivity index (χ3n) is 3.90. The van der Waals surface area contributed by atoms with Gasteiger partial charge in [0.05, 0.1) is 0 Å². The minimum Gasteiger partial charge on any atom is -0.349 e. The van der Waals surface area contributed by atoms with Gasteiger partial charge in [-0.3, -0.25) is 4.79 Å². The molecule has 0 bridgehead atoms. The zero-order valence-corrected chi connectivity index (χ0v) is 11.7. The summed E-state index contributed by atoms with van der Waals surface area (Å²) < 4.78 is 0. The molecule has 1 aliphatic carbocycles. The molecule has 0 heterocycles. The highest BCUT2D eigenvalue weighted by molar-refractivity contribution is 5.75. The van der Waals surface area contributed by atoms with Crippen LogP contribution in [-0.4, -0.2) is 37.5 Å². The van der Waals surface area contributed by atoms with Gasteiger partial charge in [-0.2, -0.15) is 0 Å². The first-order valence-electron chi connectivity index (χ1n) is 7.08. The van der Waals surface area contributed by atoms with Crippen LogP contribution in [0.15, 0.2) is 0 Å². The average Bonchev–Trinajstić information content (AvgIpc) is 2.35. The molecule has 1 rings (SSSR count). The predicted octanol–water partition coefficient (Wildman–Crippen LogP) is 2.41. The van der Waals surface area contributed by atoms with Crippen LogP contribution in [0.3, 0.4) is 0 Å². The minimum atomic E-state index is 0.219. The number of hydrogen-bond donors (Lipinski definition) is 1. The summed E-state index contributed by atoms with van der Waals surface area (Å²) in [6, 6.07) is 0.616. The topological polar surface area (TPSA) is 32.3 Å². The van der Waals surface area contributed by atoms with E-state index in [1.54, 1.807) is 4.90 Å². The van der Waals surface area contributed by atoms with E-state index in [2.05, 4.69) is 12.2 Å². The van der Waals surface area contributed by atoms with Crippen LogP contribution in [0, 0.1) is 5.92 Å². The molecule has 3 nitrogen and oxygen atoms in total. The largest absolute Gasteiger partial charge is 0.349 e. The van der Waals surface area contributed by atoms with Crippen LogP contribution in [0.1, 0.15) is 51.9 Å². The molecule has 1 amide bonds. The highest BCUT2D eigenvalue weighted by atomic mass is 16.2. The van der Waals surface area contributed by atoms with Gasteiger partial charge in [-0.05, 0) is 25.2 Å². The molecule has 17 heavy (non-hydrogen) atoms. The Hall–Kier alpha value is -0.570. The first-order valence-corrected chi connectivity index (χ1v) is 7.08. The van der Waals surface area contributed by atoms with Gasteiger partial charge < -0.3 is 10.2 Å². The van der Waals surface area contributed by atoms with Gasteiger partial charge in [-0.1, -0.05) is 26.2 Å². The van der Waals surface area contributed by atoms with Crippen molar-refractivity contribution < 1.29 is 4.79 Å². The Balaban J connectivity index is 2.24. The summed E-state index contributed by atoms with van der Waals surface area (Å²) in [7, 11) is 3.64. The second kappa shape index (κ2) is 7.70. The molecule has 3 heteroatoms. The van der Waals surface area contributed by atoms with E-state index >= 15 is 0 Å². The lowest BCUT2D eigenvalue weighted by Gasteiger charge is -2.30. The number of carbonyl (C=O) groups excluding carboxylic acids is 1. The molecule has 0 aromatic heterocycles. The van der Waals surface area contributed by atoms with Gasteiger partial charge >= 0.3 is 0 Å². The van der Waals surface area contributed by atoms with E-state index in [-0.39, 0.29) is 5.91 Å². The van der Waals surface area contributed by atoms with Gasteiger partial charge in [0.2, 0.25) is 5.91 Å². The number of carbonyl (C=O) groups is 1. The Bertz CT molecular complexity index is 222. The molecule has 0 aliphatic heterocycles. The summed E-state index contributed by atoms with van der Waals surface area (Å²) >= 11 is 0. The molecule has 100 valence electrons. The summed E-state index contributed by atoms with van der Waals surface area (Å²) in [5.41, 5.74) is 0. The Morgan fingerprint density at radius 1 is 1.29 bits per heavy atom. The Labute approximate surface area is 106 Å². The third kappa shape index (κ3) is 5.07. The highest BCUT2D eigenvalue weighted by Crippen LogP contribution is 2.27. The van der Waals surface area contributed by atoms with Gasteiger partial charge in [0.25, 0.3) is 0 Å². The average molecular weight is 240 g/mol.